The fourth-order valence-electron chi connectivity index (χ4n) is 3.66. The highest BCUT2D eigenvalue weighted by atomic mass is 35.5. The molecule has 4 rings (SSSR count). The average Bonchev–Trinajstić information content (AvgIpc) is 2.76. The number of fused-ring (bicyclic) bond motifs is 1. The lowest BCUT2D eigenvalue weighted by Gasteiger charge is -2.35. The standard InChI is InChI=1S/C22H20Cl2N4O3/c23-15-11-14(12-16(24)13-15)22(31)28-9-7-27(8-10-28)20(29)6-5-19-25-18-4-2-1-3-17(18)21(30)26-19/h1-4,11-13H,5-10H2,(H,25,26,30). The second-order valence-electron chi connectivity index (χ2n) is 7.36. The SMILES string of the molecule is O=C(CCc1nc2ccccc2c(=O)[nH]1)N1CCN(C(=O)c2cc(Cl)cc(Cl)c2)CC1. The van der Waals surface area contributed by atoms with Gasteiger partial charge in [-0.15, -0.1) is 0 Å². The molecule has 1 aromatic heterocycles. The van der Waals surface area contributed by atoms with Gasteiger partial charge >= 0.3 is 0 Å². The van der Waals surface area contributed by atoms with Gasteiger partial charge in [0.1, 0.15) is 5.82 Å². The van der Waals surface area contributed by atoms with Crippen molar-refractivity contribution in [1.82, 2.24) is 19.8 Å². The Morgan fingerprint density at radius 3 is 2.32 bits per heavy atom. The minimum atomic E-state index is -0.207. The highest BCUT2D eigenvalue weighted by molar-refractivity contribution is 6.35. The van der Waals surface area contributed by atoms with Gasteiger partial charge in [-0.25, -0.2) is 4.98 Å². The number of carbonyl (C=O) groups is 2. The van der Waals surface area contributed by atoms with Gasteiger partial charge in [0.05, 0.1) is 10.9 Å². The van der Waals surface area contributed by atoms with Crippen LogP contribution in [-0.2, 0) is 11.2 Å². The fourth-order valence-corrected chi connectivity index (χ4v) is 4.18. The number of H-pyrrole nitrogens is 1. The molecule has 1 aliphatic rings. The largest absolute Gasteiger partial charge is 0.339 e. The van der Waals surface area contributed by atoms with Crippen molar-refractivity contribution in [2.45, 2.75) is 12.8 Å². The van der Waals surface area contributed by atoms with Crippen molar-refractivity contribution in [2.75, 3.05) is 26.2 Å². The van der Waals surface area contributed by atoms with E-state index < -0.39 is 0 Å². The van der Waals surface area contributed by atoms with Gasteiger partial charge in [0.15, 0.2) is 0 Å². The van der Waals surface area contributed by atoms with E-state index in [0.29, 0.717) is 64.9 Å². The minimum absolute atomic E-state index is 0.0336. The molecule has 7 nitrogen and oxygen atoms in total. The van der Waals surface area contributed by atoms with Crippen LogP contribution in [0.4, 0.5) is 0 Å². The summed E-state index contributed by atoms with van der Waals surface area (Å²) in [7, 11) is 0. The van der Waals surface area contributed by atoms with Gasteiger partial charge in [-0.3, -0.25) is 14.4 Å². The minimum Gasteiger partial charge on any atom is -0.339 e. The van der Waals surface area contributed by atoms with E-state index in [2.05, 4.69) is 9.97 Å². The first-order valence-corrected chi connectivity index (χ1v) is 10.7. The quantitative estimate of drug-likeness (QED) is 0.650. The van der Waals surface area contributed by atoms with E-state index in [1.165, 1.54) is 0 Å². The molecule has 31 heavy (non-hydrogen) atoms. The van der Waals surface area contributed by atoms with Gasteiger partial charge in [0.2, 0.25) is 5.91 Å². The lowest BCUT2D eigenvalue weighted by molar-refractivity contribution is -0.132. The van der Waals surface area contributed by atoms with E-state index in [1.54, 1.807) is 46.2 Å². The predicted octanol–water partition coefficient (Wildman–Crippen LogP) is 3.15. The second-order valence-corrected chi connectivity index (χ2v) is 8.23. The first-order valence-electron chi connectivity index (χ1n) is 9.92. The molecule has 0 aliphatic carbocycles. The van der Waals surface area contributed by atoms with Gasteiger partial charge in [0, 0.05) is 54.6 Å². The summed E-state index contributed by atoms with van der Waals surface area (Å²) < 4.78 is 0. The Bertz CT molecular complexity index is 1180. The molecular weight excluding hydrogens is 439 g/mol. The number of rotatable bonds is 4. The van der Waals surface area contributed by atoms with E-state index >= 15 is 0 Å². The Morgan fingerprint density at radius 1 is 0.968 bits per heavy atom. The summed E-state index contributed by atoms with van der Waals surface area (Å²) >= 11 is 12.0. The van der Waals surface area contributed by atoms with E-state index in [9.17, 15) is 14.4 Å². The molecule has 1 fully saturated rings. The van der Waals surface area contributed by atoms with Crippen molar-refractivity contribution in [3.63, 3.8) is 0 Å². The van der Waals surface area contributed by atoms with Crippen molar-refractivity contribution in [3.05, 3.63) is 74.3 Å². The highest BCUT2D eigenvalue weighted by Gasteiger charge is 2.25. The van der Waals surface area contributed by atoms with Gasteiger partial charge in [-0.05, 0) is 30.3 Å². The molecule has 1 aliphatic heterocycles. The number of benzene rings is 2. The predicted molar refractivity (Wildman–Crippen MR) is 120 cm³/mol. The van der Waals surface area contributed by atoms with E-state index in [4.69, 9.17) is 23.2 Å². The number of nitrogens with zero attached hydrogens (tertiary/aromatic N) is 3. The third kappa shape index (κ3) is 4.89. The lowest BCUT2D eigenvalue weighted by Crippen LogP contribution is -2.50. The number of halogens is 2. The van der Waals surface area contributed by atoms with Crippen molar-refractivity contribution >= 4 is 45.9 Å². The van der Waals surface area contributed by atoms with Crippen molar-refractivity contribution in [3.8, 4) is 0 Å². The Hall–Kier alpha value is -2.90. The maximum atomic E-state index is 12.7. The first kappa shape index (κ1) is 21.3. The molecule has 0 saturated carbocycles. The zero-order valence-electron chi connectivity index (χ0n) is 16.6. The molecule has 0 spiro atoms. The van der Waals surface area contributed by atoms with Crippen LogP contribution in [0.15, 0.2) is 47.3 Å². The number of amides is 2. The molecule has 1 N–H and O–H groups in total. The molecule has 0 atom stereocenters. The number of hydrogen-bond acceptors (Lipinski definition) is 4. The number of piperazine rings is 1. The number of aryl methyl sites for hydroxylation is 1. The monoisotopic (exact) mass is 458 g/mol. The van der Waals surface area contributed by atoms with Crippen LogP contribution < -0.4 is 5.56 Å². The van der Waals surface area contributed by atoms with Crippen LogP contribution in [0.1, 0.15) is 22.6 Å². The van der Waals surface area contributed by atoms with Crippen LogP contribution in [0.2, 0.25) is 10.0 Å². The lowest BCUT2D eigenvalue weighted by atomic mass is 10.1. The average molecular weight is 459 g/mol. The number of nitrogens with one attached hydrogen (secondary N) is 1. The summed E-state index contributed by atoms with van der Waals surface area (Å²) in [6.45, 7) is 1.75. The molecule has 1 saturated heterocycles. The van der Waals surface area contributed by atoms with Crippen LogP contribution >= 0.6 is 23.2 Å². The molecule has 3 aromatic rings. The second kappa shape index (κ2) is 9.08. The summed E-state index contributed by atoms with van der Waals surface area (Å²) in [6.07, 6.45) is 0.582. The molecule has 2 aromatic carbocycles. The number of hydrogen-bond donors (Lipinski definition) is 1. The van der Waals surface area contributed by atoms with Crippen molar-refractivity contribution < 1.29 is 9.59 Å². The van der Waals surface area contributed by atoms with E-state index in [0.717, 1.165) is 0 Å². The van der Waals surface area contributed by atoms with Gasteiger partial charge in [-0.2, -0.15) is 0 Å². The molecule has 0 unspecified atom stereocenters. The Kier molecular flexibility index (Phi) is 6.25. The zero-order chi connectivity index (χ0) is 22.0. The molecule has 9 heteroatoms. The number of carbonyl (C=O) groups excluding carboxylic acids is 2. The normalized spacial score (nSPS) is 14.1. The summed E-state index contributed by atoms with van der Waals surface area (Å²) in [5.74, 6) is 0.298. The molecule has 0 bridgehead atoms. The third-order valence-corrected chi connectivity index (χ3v) is 5.70. The van der Waals surface area contributed by atoms with E-state index in [-0.39, 0.29) is 23.8 Å². The van der Waals surface area contributed by atoms with E-state index in [1.807, 2.05) is 6.07 Å². The maximum absolute atomic E-state index is 12.7. The number of aromatic amines is 1. The summed E-state index contributed by atoms with van der Waals surface area (Å²) in [4.78, 5) is 48.1. The van der Waals surface area contributed by atoms with Crippen LogP contribution in [0.3, 0.4) is 0 Å². The smallest absolute Gasteiger partial charge is 0.258 e. The molecule has 0 radical (unpaired) electrons. The van der Waals surface area contributed by atoms with Crippen LogP contribution in [0, 0.1) is 0 Å². The molecular formula is C22H20Cl2N4O3. The summed E-state index contributed by atoms with van der Waals surface area (Å²) in [5.41, 5.74) is 0.840. The zero-order valence-corrected chi connectivity index (χ0v) is 18.1. The van der Waals surface area contributed by atoms with Crippen LogP contribution in [0.25, 0.3) is 10.9 Å². The van der Waals surface area contributed by atoms with Crippen molar-refractivity contribution in [1.29, 1.82) is 0 Å². The first-order chi connectivity index (χ1) is 14.9. The topological polar surface area (TPSA) is 86.4 Å². The molecule has 160 valence electrons. The van der Waals surface area contributed by atoms with Gasteiger partial charge in [0.25, 0.3) is 11.5 Å². The number of aromatic nitrogens is 2. The Labute approximate surface area is 188 Å². The Balaban J connectivity index is 1.33. The molecule has 2 amide bonds. The van der Waals surface area contributed by atoms with Crippen LogP contribution in [-0.4, -0.2) is 57.8 Å². The van der Waals surface area contributed by atoms with Gasteiger partial charge in [-0.1, -0.05) is 35.3 Å². The number of para-hydroxylation sites is 1. The van der Waals surface area contributed by atoms with Crippen molar-refractivity contribution in [2.24, 2.45) is 0 Å². The maximum Gasteiger partial charge on any atom is 0.258 e. The van der Waals surface area contributed by atoms with Crippen LogP contribution in [0.5, 0.6) is 0 Å². The highest BCUT2D eigenvalue weighted by Crippen LogP contribution is 2.21. The summed E-state index contributed by atoms with van der Waals surface area (Å²) in [5, 5.41) is 1.34. The third-order valence-electron chi connectivity index (χ3n) is 5.27. The molecule has 2 heterocycles. The summed E-state index contributed by atoms with van der Waals surface area (Å²) in [6, 6.07) is 11.9. The van der Waals surface area contributed by atoms with Gasteiger partial charge < -0.3 is 14.8 Å². The Morgan fingerprint density at radius 2 is 1.61 bits per heavy atom. The fraction of sp³-hybridized carbons (Fsp3) is 0.273.